The van der Waals surface area contributed by atoms with Crippen LogP contribution in [0.5, 0.6) is 0 Å². The Labute approximate surface area is 157 Å². The van der Waals surface area contributed by atoms with E-state index in [9.17, 15) is 22.0 Å². The van der Waals surface area contributed by atoms with Crippen molar-refractivity contribution < 1.29 is 22.0 Å². The summed E-state index contributed by atoms with van der Waals surface area (Å²) in [6.45, 7) is 0.395. The fourth-order valence-electron chi connectivity index (χ4n) is 3.10. The molecule has 0 aromatic heterocycles. The van der Waals surface area contributed by atoms with Crippen LogP contribution in [0.2, 0.25) is 0 Å². The summed E-state index contributed by atoms with van der Waals surface area (Å²) >= 11 is 0. The van der Waals surface area contributed by atoms with Gasteiger partial charge in [0.1, 0.15) is 11.6 Å². The van der Waals surface area contributed by atoms with Crippen molar-refractivity contribution in [1.82, 2.24) is 9.62 Å². The highest BCUT2D eigenvalue weighted by molar-refractivity contribution is 7.89. The number of nitrogens with zero attached hydrogens (tertiary/aromatic N) is 1. The zero-order valence-corrected chi connectivity index (χ0v) is 15.4. The van der Waals surface area contributed by atoms with E-state index in [0.717, 1.165) is 12.1 Å². The lowest BCUT2D eigenvalue weighted by Crippen LogP contribution is -2.45. The number of amides is 1. The van der Waals surface area contributed by atoms with Crippen molar-refractivity contribution >= 4 is 15.9 Å². The highest BCUT2D eigenvalue weighted by Crippen LogP contribution is 2.24. The van der Waals surface area contributed by atoms with E-state index < -0.39 is 27.6 Å². The standard InChI is InChI=1S/C19H20F2N2O3S/c20-16-7-9-17(10-8-16)27(25,26)23-11-3-5-15(13-23)19(24)22-12-14-4-1-2-6-18(14)21/h1-2,4,6-10,15H,3,5,11-13H2,(H,22,24). The van der Waals surface area contributed by atoms with Crippen molar-refractivity contribution in [3.63, 3.8) is 0 Å². The fourth-order valence-corrected chi connectivity index (χ4v) is 4.62. The molecule has 2 aromatic carbocycles. The Morgan fingerprint density at radius 3 is 2.52 bits per heavy atom. The Hall–Kier alpha value is -2.32. The molecule has 2 aromatic rings. The summed E-state index contributed by atoms with van der Waals surface area (Å²) in [7, 11) is -3.79. The maximum absolute atomic E-state index is 13.7. The zero-order chi connectivity index (χ0) is 19.4. The van der Waals surface area contributed by atoms with Crippen LogP contribution < -0.4 is 5.32 Å². The quantitative estimate of drug-likeness (QED) is 0.848. The topological polar surface area (TPSA) is 66.5 Å². The number of nitrogens with one attached hydrogen (secondary N) is 1. The van der Waals surface area contributed by atoms with Gasteiger partial charge in [0.05, 0.1) is 10.8 Å². The van der Waals surface area contributed by atoms with Gasteiger partial charge < -0.3 is 5.32 Å². The molecular formula is C19H20F2N2O3S. The molecule has 27 heavy (non-hydrogen) atoms. The van der Waals surface area contributed by atoms with E-state index in [0.29, 0.717) is 24.9 Å². The smallest absolute Gasteiger partial charge is 0.243 e. The minimum Gasteiger partial charge on any atom is -0.352 e. The molecule has 0 radical (unpaired) electrons. The lowest BCUT2D eigenvalue weighted by atomic mass is 9.98. The molecule has 1 N–H and O–H groups in total. The van der Waals surface area contributed by atoms with Gasteiger partial charge in [-0.05, 0) is 43.2 Å². The molecule has 3 rings (SSSR count). The number of hydrogen-bond donors (Lipinski definition) is 1. The van der Waals surface area contributed by atoms with Gasteiger partial charge in [-0.25, -0.2) is 17.2 Å². The van der Waals surface area contributed by atoms with Crippen molar-refractivity contribution in [2.24, 2.45) is 5.92 Å². The lowest BCUT2D eigenvalue weighted by molar-refractivity contribution is -0.126. The van der Waals surface area contributed by atoms with Crippen molar-refractivity contribution in [2.75, 3.05) is 13.1 Å². The molecular weight excluding hydrogens is 374 g/mol. The van der Waals surface area contributed by atoms with Crippen LogP contribution in [-0.4, -0.2) is 31.7 Å². The van der Waals surface area contributed by atoms with Crippen LogP contribution in [0.15, 0.2) is 53.4 Å². The molecule has 0 bridgehead atoms. The monoisotopic (exact) mass is 394 g/mol. The summed E-state index contributed by atoms with van der Waals surface area (Å²) in [4.78, 5) is 12.4. The number of sulfonamides is 1. The maximum Gasteiger partial charge on any atom is 0.243 e. The first-order valence-corrected chi connectivity index (χ1v) is 10.1. The van der Waals surface area contributed by atoms with E-state index >= 15 is 0 Å². The molecule has 1 saturated heterocycles. The molecule has 144 valence electrons. The van der Waals surface area contributed by atoms with Gasteiger partial charge in [0.25, 0.3) is 0 Å². The molecule has 0 aliphatic carbocycles. The van der Waals surface area contributed by atoms with Gasteiger partial charge in [0.2, 0.25) is 15.9 Å². The highest BCUT2D eigenvalue weighted by Gasteiger charge is 2.33. The third-order valence-electron chi connectivity index (χ3n) is 4.62. The second-order valence-electron chi connectivity index (χ2n) is 6.47. The van der Waals surface area contributed by atoms with E-state index in [1.165, 1.54) is 22.5 Å². The van der Waals surface area contributed by atoms with Crippen molar-refractivity contribution in [1.29, 1.82) is 0 Å². The molecule has 1 amide bonds. The normalized spacial score (nSPS) is 18.2. The summed E-state index contributed by atoms with van der Waals surface area (Å²) in [6, 6.07) is 10.8. The second-order valence-corrected chi connectivity index (χ2v) is 8.40. The Bertz CT molecular complexity index is 917. The van der Waals surface area contributed by atoms with Gasteiger partial charge in [0.15, 0.2) is 0 Å². The van der Waals surface area contributed by atoms with Gasteiger partial charge in [0, 0.05) is 25.2 Å². The predicted molar refractivity (Wildman–Crippen MR) is 96.1 cm³/mol. The highest BCUT2D eigenvalue weighted by atomic mass is 32.2. The number of carbonyl (C=O) groups excluding carboxylic acids is 1. The molecule has 8 heteroatoms. The number of carbonyl (C=O) groups is 1. The number of benzene rings is 2. The van der Waals surface area contributed by atoms with E-state index in [1.807, 2.05) is 0 Å². The van der Waals surface area contributed by atoms with Crippen LogP contribution in [0.3, 0.4) is 0 Å². The van der Waals surface area contributed by atoms with Crippen molar-refractivity contribution in [3.8, 4) is 0 Å². The van der Waals surface area contributed by atoms with E-state index in [-0.39, 0.29) is 23.9 Å². The molecule has 1 atom stereocenters. The molecule has 5 nitrogen and oxygen atoms in total. The van der Waals surface area contributed by atoms with Crippen LogP contribution in [-0.2, 0) is 21.4 Å². The fraction of sp³-hybridized carbons (Fsp3) is 0.316. The SMILES string of the molecule is O=C(NCc1ccccc1F)C1CCCN(S(=O)(=O)c2ccc(F)cc2)C1. The van der Waals surface area contributed by atoms with Crippen LogP contribution in [0.25, 0.3) is 0 Å². The first-order chi connectivity index (χ1) is 12.9. The summed E-state index contributed by atoms with van der Waals surface area (Å²) in [5.41, 5.74) is 0.373. The van der Waals surface area contributed by atoms with Crippen LogP contribution in [0.1, 0.15) is 18.4 Å². The van der Waals surface area contributed by atoms with Gasteiger partial charge >= 0.3 is 0 Å². The molecule has 0 saturated carbocycles. The molecule has 1 heterocycles. The van der Waals surface area contributed by atoms with E-state index in [4.69, 9.17) is 0 Å². The van der Waals surface area contributed by atoms with Gasteiger partial charge in [-0.3, -0.25) is 4.79 Å². The lowest BCUT2D eigenvalue weighted by Gasteiger charge is -2.31. The average molecular weight is 394 g/mol. The predicted octanol–water partition coefficient (Wildman–Crippen LogP) is 2.68. The molecule has 1 unspecified atom stereocenters. The number of halogens is 2. The number of piperidine rings is 1. The van der Waals surface area contributed by atoms with E-state index in [1.54, 1.807) is 18.2 Å². The molecule has 1 fully saturated rings. The molecule has 1 aliphatic heterocycles. The van der Waals surface area contributed by atoms with Crippen LogP contribution in [0.4, 0.5) is 8.78 Å². The van der Waals surface area contributed by atoms with Crippen molar-refractivity contribution in [3.05, 3.63) is 65.7 Å². The summed E-state index contributed by atoms with van der Waals surface area (Å²) < 4.78 is 53.4. The molecule has 0 spiro atoms. The Morgan fingerprint density at radius 2 is 1.81 bits per heavy atom. The Balaban J connectivity index is 1.65. The van der Waals surface area contributed by atoms with Gasteiger partial charge in [-0.2, -0.15) is 4.31 Å². The number of hydrogen-bond acceptors (Lipinski definition) is 3. The summed E-state index contributed by atoms with van der Waals surface area (Å²) in [5.74, 6) is -1.74. The molecule has 1 aliphatic rings. The Morgan fingerprint density at radius 1 is 1.11 bits per heavy atom. The Kier molecular flexibility index (Phi) is 5.86. The van der Waals surface area contributed by atoms with Gasteiger partial charge in [-0.15, -0.1) is 0 Å². The van der Waals surface area contributed by atoms with E-state index in [2.05, 4.69) is 5.32 Å². The third kappa shape index (κ3) is 4.51. The average Bonchev–Trinajstić information content (AvgIpc) is 2.67. The van der Waals surface area contributed by atoms with Crippen molar-refractivity contribution in [2.45, 2.75) is 24.3 Å². The van der Waals surface area contributed by atoms with Crippen LogP contribution >= 0.6 is 0 Å². The largest absolute Gasteiger partial charge is 0.352 e. The summed E-state index contributed by atoms with van der Waals surface area (Å²) in [6.07, 6.45) is 1.09. The zero-order valence-electron chi connectivity index (χ0n) is 14.6. The van der Waals surface area contributed by atoms with Crippen LogP contribution in [0, 0.1) is 17.6 Å². The second kappa shape index (κ2) is 8.14. The van der Waals surface area contributed by atoms with Gasteiger partial charge in [-0.1, -0.05) is 18.2 Å². The minimum atomic E-state index is -3.79. The first-order valence-electron chi connectivity index (χ1n) is 8.65. The number of rotatable bonds is 5. The third-order valence-corrected chi connectivity index (χ3v) is 6.50. The minimum absolute atomic E-state index is 0.00341. The maximum atomic E-state index is 13.7. The first kappa shape index (κ1) is 19.4. The summed E-state index contributed by atoms with van der Waals surface area (Å²) in [5, 5.41) is 2.68.